The first-order chi connectivity index (χ1) is 16.7. The van der Waals surface area contributed by atoms with Gasteiger partial charge in [0.25, 0.3) is 11.5 Å². The Morgan fingerprint density at radius 2 is 1.91 bits per heavy atom. The van der Waals surface area contributed by atoms with Gasteiger partial charge >= 0.3 is 6.09 Å². The maximum atomic E-state index is 12.0. The van der Waals surface area contributed by atoms with Gasteiger partial charge < -0.3 is 26.1 Å². The second kappa shape index (κ2) is 11.3. The molecule has 1 fully saturated rings. The molecule has 0 saturated carbocycles. The molecule has 35 heavy (non-hydrogen) atoms. The molecule has 12 nitrogen and oxygen atoms in total. The third-order valence-corrected chi connectivity index (χ3v) is 5.41. The van der Waals surface area contributed by atoms with Gasteiger partial charge in [0.05, 0.1) is 24.4 Å². The van der Waals surface area contributed by atoms with E-state index in [-0.39, 0.29) is 41.6 Å². The number of rotatable bonds is 5. The maximum Gasteiger partial charge on any atom is 0.410 e. The van der Waals surface area contributed by atoms with Crippen LogP contribution in [0.3, 0.4) is 0 Å². The number of aromatic nitrogens is 4. The number of piperidine rings is 1. The molecule has 0 bridgehead atoms. The van der Waals surface area contributed by atoms with Crippen LogP contribution in [-0.2, 0) is 16.0 Å². The minimum atomic E-state index is -0.644. The van der Waals surface area contributed by atoms with E-state index in [1.165, 1.54) is 12.3 Å². The summed E-state index contributed by atoms with van der Waals surface area (Å²) in [6.07, 6.45) is 5.79. The number of likely N-dealkylation sites (tertiary alicyclic amines) is 1. The van der Waals surface area contributed by atoms with Crippen LogP contribution in [0.2, 0.25) is 0 Å². The first-order valence-corrected chi connectivity index (χ1v) is 11.2. The largest absolute Gasteiger partial charge is 0.447 e. The molecule has 5 N–H and O–H groups in total. The van der Waals surface area contributed by atoms with E-state index in [4.69, 9.17) is 16.2 Å². The predicted octanol–water partition coefficient (Wildman–Crippen LogP) is 0.955. The molecule has 186 valence electrons. The minimum Gasteiger partial charge on any atom is -0.447 e. The summed E-state index contributed by atoms with van der Waals surface area (Å²) in [5.41, 5.74) is 12.0. The highest BCUT2D eigenvalue weighted by atomic mass is 16.6. The molecule has 1 aliphatic rings. The van der Waals surface area contributed by atoms with Gasteiger partial charge in [0.1, 0.15) is 11.2 Å². The number of fused-ring (bicyclic) bond motifs is 1. The van der Waals surface area contributed by atoms with Gasteiger partial charge in [0, 0.05) is 37.5 Å². The van der Waals surface area contributed by atoms with Gasteiger partial charge in [-0.1, -0.05) is 6.07 Å². The van der Waals surface area contributed by atoms with Crippen molar-refractivity contribution in [1.82, 2.24) is 24.5 Å². The quantitative estimate of drug-likeness (QED) is 0.483. The zero-order chi connectivity index (χ0) is 25.5. The normalized spacial score (nSPS) is 13.9. The Bertz CT molecular complexity index is 1240. The Balaban J connectivity index is 0.000000287. The van der Waals surface area contributed by atoms with Crippen molar-refractivity contribution in [3.63, 3.8) is 0 Å². The Morgan fingerprint density at radius 3 is 2.49 bits per heavy atom. The number of nitrogens with one attached hydrogen (secondary N) is 1. The lowest BCUT2D eigenvalue weighted by Gasteiger charge is -2.31. The standard InChI is InChI=1S/C16H21N5O4.C7H8N2O/c1-9(2)25-16(24)20-5-3-10(4-6-20)12-7-13(22)19-15-11(14(17)23)8-18-21(12)15;8-7(10)4-6-2-1-3-9-5-6/h7-10H,3-6H2,1-2H3,(H2,17,23)(H,19,22);1-3,5H,4H2,(H2,8,10). The van der Waals surface area contributed by atoms with Gasteiger partial charge in [0.15, 0.2) is 0 Å². The molecular weight excluding hydrogens is 454 g/mol. The highest BCUT2D eigenvalue weighted by Crippen LogP contribution is 2.28. The Labute approximate surface area is 201 Å². The minimum absolute atomic E-state index is 0.0496. The van der Waals surface area contributed by atoms with E-state index < -0.39 is 5.91 Å². The molecule has 3 aromatic heterocycles. The van der Waals surface area contributed by atoms with Crippen molar-refractivity contribution >= 4 is 23.6 Å². The average molecular weight is 484 g/mol. The van der Waals surface area contributed by atoms with E-state index in [1.54, 1.807) is 27.9 Å². The molecule has 0 radical (unpaired) electrons. The van der Waals surface area contributed by atoms with Crippen LogP contribution in [-0.4, -0.2) is 61.6 Å². The zero-order valence-corrected chi connectivity index (χ0v) is 19.6. The van der Waals surface area contributed by atoms with Gasteiger partial charge in [-0.2, -0.15) is 5.10 Å². The van der Waals surface area contributed by atoms with Crippen LogP contribution >= 0.6 is 0 Å². The summed E-state index contributed by atoms with van der Waals surface area (Å²) in [5.74, 6) is -0.921. The summed E-state index contributed by atoms with van der Waals surface area (Å²) in [6.45, 7) is 4.69. The number of carbonyl (C=O) groups is 3. The van der Waals surface area contributed by atoms with E-state index in [0.29, 0.717) is 37.3 Å². The van der Waals surface area contributed by atoms with Gasteiger partial charge in [-0.05, 0) is 38.3 Å². The number of pyridine rings is 1. The number of nitrogens with zero attached hydrogens (tertiary/aromatic N) is 4. The van der Waals surface area contributed by atoms with E-state index in [9.17, 15) is 19.2 Å². The maximum absolute atomic E-state index is 12.0. The van der Waals surface area contributed by atoms with Crippen LogP contribution in [0.1, 0.15) is 54.2 Å². The van der Waals surface area contributed by atoms with Crippen molar-refractivity contribution in [3.8, 4) is 0 Å². The molecule has 12 heteroatoms. The van der Waals surface area contributed by atoms with Crippen molar-refractivity contribution in [2.24, 2.45) is 11.5 Å². The van der Waals surface area contributed by atoms with Gasteiger partial charge in [-0.25, -0.2) is 9.31 Å². The first kappa shape index (κ1) is 25.4. The zero-order valence-electron chi connectivity index (χ0n) is 19.6. The van der Waals surface area contributed by atoms with Crippen molar-refractivity contribution in [3.05, 3.63) is 64.0 Å². The lowest BCUT2D eigenvalue weighted by Crippen LogP contribution is -2.39. The summed E-state index contributed by atoms with van der Waals surface area (Å²) in [5, 5.41) is 4.19. The number of hydrogen-bond acceptors (Lipinski definition) is 7. The molecule has 0 spiro atoms. The summed E-state index contributed by atoms with van der Waals surface area (Å²) >= 11 is 0. The van der Waals surface area contributed by atoms with Crippen LogP contribution in [0.4, 0.5) is 4.79 Å². The number of hydrogen-bond donors (Lipinski definition) is 3. The number of carbonyl (C=O) groups excluding carboxylic acids is 3. The average Bonchev–Trinajstić information content (AvgIpc) is 3.23. The molecule has 1 saturated heterocycles. The monoisotopic (exact) mass is 483 g/mol. The Morgan fingerprint density at radius 1 is 1.20 bits per heavy atom. The van der Waals surface area contributed by atoms with E-state index in [1.807, 2.05) is 19.9 Å². The van der Waals surface area contributed by atoms with Crippen molar-refractivity contribution in [2.45, 2.75) is 45.1 Å². The molecule has 3 amide bonds. The van der Waals surface area contributed by atoms with Crippen LogP contribution in [0.25, 0.3) is 5.65 Å². The molecular formula is C23H29N7O5. The molecule has 0 unspecified atom stereocenters. The summed E-state index contributed by atoms with van der Waals surface area (Å²) < 4.78 is 6.76. The number of H-pyrrole nitrogens is 1. The van der Waals surface area contributed by atoms with Crippen molar-refractivity contribution in [1.29, 1.82) is 0 Å². The van der Waals surface area contributed by atoms with E-state index >= 15 is 0 Å². The highest BCUT2D eigenvalue weighted by Gasteiger charge is 2.27. The number of ether oxygens (including phenoxy) is 1. The smallest absolute Gasteiger partial charge is 0.410 e. The first-order valence-electron chi connectivity index (χ1n) is 11.2. The van der Waals surface area contributed by atoms with Gasteiger partial charge in [-0.15, -0.1) is 0 Å². The van der Waals surface area contributed by atoms with E-state index in [0.717, 1.165) is 5.56 Å². The second-order valence-corrected chi connectivity index (χ2v) is 8.44. The molecule has 0 aliphatic carbocycles. The van der Waals surface area contributed by atoms with Crippen molar-refractivity contribution < 1.29 is 19.1 Å². The molecule has 4 heterocycles. The fourth-order valence-corrected chi connectivity index (χ4v) is 3.82. The lowest BCUT2D eigenvalue weighted by molar-refractivity contribution is -0.117. The number of nitrogens with two attached hydrogens (primary N) is 2. The van der Waals surface area contributed by atoms with Gasteiger partial charge in [0.2, 0.25) is 5.91 Å². The molecule has 0 atom stereocenters. The second-order valence-electron chi connectivity index (χ2n) is 8.44. The van der Waals surface area contributed by atoms with E-state index in [2.05, 4.69) is 15.1 Å². The molecule has 3 aromatic rings. The number of primary amides is 2. The predicted molar refractivity (Wildman–Crippen MR) is 127 cm³/mol. The summed E-state index contributed by atoms with van der Waals surface area (Å²) in [7, 11) is 0. The molecule has 1 aliphatic heterocycles. The summed E-state index contributed by atoms with van der Waals surface area (Å²) in [4.78, 5) is 53.9. The Kier molecular flexibility index (Phi) is 8.18. The third kappa shape index (κ3) is 6.65. The number of amides is 3. The highest BCUT2D eigenvalue weighted by molar-refractivity contribution is 5.98. The number of aromatic amines is 1. The fraction of sp³-hybridized carbons (Fsp3) is 0.391. The van der Waals surface area contributed by atoms with Crippen LogP contribution in [0.15, 0.2) is 41.6 Å². The van der Waals surface area contributed by atoms with Crippen molar-refractivity contribution in [2.75, 3.05) is 13.1 Å². The molecule has 0 aromatic carbocycles. The van der Waals surface area contributed by atoms with Crippen LogP contribution < -0.4 is 17.0 Å². The topological polar surface area (TPSA) is 179 Å². The fourth-order valence-electron chi connectivity index (χ4n) is 3.82. The van der Waals surface area contributed by atoms with Crippen LogP contribution in [0, 0.1) is 0 Å². The van der Waals surface area contributed by atoms with Crippen LogP contribution in [0.5, 0.6) is 0 Å². The lowest BCUT2D eigenvalue weighted by atomic mass is 9.93. The summed E-state index contributed by atoms with van der Waals surface area (Å²) in [6, 6.07) is 5.08. The Hall–Kier alpha value is -4.22. The molecule has 4 rings (SSSR count). The third-order valence-electron chi connectivity index (χ3n) is 5.41. The van der Waals surface area contributed by atoms with Gasteiger partial charge in [-0.3, -0.25) is 19.4 Å². The SMILES string of the molecule is CC(C)OC(=O)N1CCC(c2cc(=O)[nH]c3c(C(N)=O)cnn23)CC1.NC(=O)Cc1cccnc1.